The van der Waals surface area contributed by atoms with E-state index in [1.807, 2.05) is 30.3 Å². The molecule has 2 heterocycles. The second kappa shape index (κ2) is 7.03. The van der Waals surface area contributed by atoms with Crippen LogP contribution in [0.2, 0.25) is 10.0 Å². The molecule has 1 amide bonds. The average Bonchev–Trinajstić information content (AvgIpc) is 2.99. The quantitative estimate of drug-likeness (QED) is 0.748. The Bertz CT molecular complexity index is 921. The van der Waals surface area contributed by atoms with E-state index in [0.717, 1.165) is 10.9 Å². The summed E-state index contributed by atoms with van der Waals surface area (Å²) in [6, 6.07) is 10.9. The van der Waals surface area contributed by atoms with Crippen LogP contribution in [0.4, 0.5) is 5.82 Å². The van der Waals surface area contributed by atoms with Gasteiger partial charge in [-0.2, -0.15) is 0 Å². The van der Waals surface area contributed by atoms with Gasteiger partial charge in [0.15, 0.2) is 5.82 Å². The molecule has 1 N–H and O–H groups in total. The van der Waals surface area contributed by atoms with Crippen LogP contribution in [0.15, 0.2) is 48.8 Å². The molecule has 0 saturated carbocycles. The summed E-state index contributed by atoms with van der Waals surface area (Å²) in [5.41, 5.74) is 0.824. The maximum atomic E-state index is 12.3. The summed E-state index contributed by atoms with van der Waals surface area (Å²) >= 11 is 11.7. The maximum absolute atomic E-state index is 12.3. The highest BCUT2D eigenvalue weighted by molar-refractivity contribution is 6.36. The maximum Gasteiger partial charge on any atom is 0.231 e. The number of nitrogens with one attached hydrogen (secondary N) is 1. The molecule has 0 aliphatic carbocycles. The highest BCUT2D eigenvalue weighted by Crippen LogP contribution is 2.22. The zero-order chi connectivity index (χ0) is 17.1. The van der Waals surface area contributed by atoms with Crippen molar-refractivity contribution >= 4 is 51.7 Å². The van der Waals surface area contributed by atoms with Crippen LogP contribution >= 0.6 is 23.2 Å². The van der Waals surface area contributed by atoms with E-state index in [1.54, 1.807) is 10.8 Å². The number of halogens is 2. The van der Waals surface area contributed by atoms with Gasteiger partial charge in [-0.05, 0) is 18.2 Å². The summed E-state index contributed by atoms with van der Waals surface area (Å²) in [7, 11) is 0. The van der Waals surface area contributed by atoms with Crippen molar-refractivity contribution in [1.29, 1.82) is 0 Å². The van der Waals surface area contributed by atoms with Crippen LogP contribution in [0.25, 0.3) is 10.9 Å². The minimum absolute atomic E-state index is 0.0337. The third-order valence-electron chi connectivity index (χ3n) is 3.50. The van der Waals surface area contributed by atoms with Crippen molar-refractivity contribution in [2.24, 2.45) is 0 Å². The first-order valence-corrected chi connectivity index (χ1v) is 8.00. The molecule has 3 rings (SSSR count). The fourth-order valence-corrected chi connectivity index (χ4v) is 2.77. The Labute approximate surface area is 148 Å². The first-order chi connectivity index (χ1) is 11.5. The minimum atomic E-state index is -0.337. The summed E-state index contributed by atoms with van der Waals surface area (Å²) < 4.78 is 1.55. The van der Waals surface area contributed by atoms with Crippen molar-refractivity contribution < 1.29 is 9.59 Å². The number of anilines is 1. The number of nitrogens with zero attached hydrogens (tertiary/aromatic N) is 2. The van der Waals surface area contributed by atoms with Gasteiger partial charge in [0, 0.05) is 30.6 Å². The van der Waals surface area contributed by atoms with E-state index in [1.165, 1.54) is 12.3 Å². The normalized spacial score (nSPS) is 10.8. The van der Waals surface area contributed by atoms with Gasteiger partial charge in [-0.1, -0.05) is 41.4 Å². The van der Waals surface area contributed by atoms with Gasteiger partial charge in [0.2, 0.25) is 11.8 Å². The lowest BCUT2D eigenvalue weighted by molar-refractivity contribution is -0.116. The SMILES string of the molecule is O=C(CCC(=O)n1ccc2ccccc21)Nc1ncc(Cl)cc1Cl. The molecule has 5 nitrogen and oxygen atoms in total. The largest absolute Gasteiger partial charge is 0.309 e. The Morgan fingerprint density at radius 1 is 1.12 bits per heavy atom. The van der Waals surface area contributed by atoms with Crippen molar-refractivity contribution in [3.05, 3.63) is 58.8 Å². The van der Waals surface area contributed by atoms with Crippen LogP contribution in [-0.4, -0.2) is 21.4 Å². The van der Waals surface area contributed by atoms with Gasteiger partial charge in [-0.25, -0.2) is 4.98 Å². The van der Waals surface area contributed by atoms with Crippen LogP contribution in [-0.2, 0) is 4.79 Å². The molecular weight excluding hydrogens is 349 g/mol. The standard InChI is InChI=1S/C17H13Cl2N3O2/c18-12-9-13(19)17(20-10-12)21-15(23)5-6-16(24)22-8-7-11-3-1-2-4-14(11)22/h1-4,7-10H,5-6H2,(H,20,21,23). The summed E-state index contributed by atoms with van der Waals surface area (Å²) in [5, 5.41) is 4.18. The van der Waals surface area contributed by atoms with E-state index in [2.05, 4.69) is 10.3 Å². The number of amides is 1. The lowest BCUT2D eigenvalue weighted by Gasteiger charge is -2.07. The van der Waals surface area contributed by atoms with Crippen molar-refractivity contribution in [3.8, 4) is 0 Å². The van der Waals surface area contributed by atoms with E-state index >= 15 is 0 Å². The molecule has 7 heteroatoms. The van der Waals surface area contributed by atoms with Gasteiger partial charge in [-0.15, -0.1) is 0 Å². The third-order valence-corrected chi connectivity index (χ3v) is 3.99. The first kappa shape index (κ1) is 16.5. The molecule has 3 aromatic rings. The number of para-hydroxylation sites is 1. The Balaban J connectivity index is 1.62. The Kier molecular flexibility index (Phi) is 4.83. The van der Waals surface area contributed by atoms with Gasteiger partial charge in [-0.3, -0.25) is 14.2 Å². The number of pyridine rings is 1. The second-order valence-corrected chi connectivity index (χ2v) is 6.01. The molecule has 0 radical (unpaired) electrons. The summed E-state index contributed by atoms with van der Waals surface area (Å²) in [4.78, 5) is 28.2. The topological polar surface area (TPSA) is 64.0 Å². The average molecular weight is 362 g/mol. The molecule has 0 unspecified atom stereocenters. The number of carbonyl (C=O) groups excluding carboxylic acids is 2. The van der Waals surface area contributed by atoms with Gasteiger partial charge in [0.05, 0.1) is 15.6 Å². The number of benzene rings is 1. The van der Waals surface area contributed by atoms with Crippen molar-refractivity contribution in [1.82, 2.24) is 9.55 Å². The van der Waals surface area contributed by atoms with Crippen LogP contribution in [0.5, 0.6) is 0 Å². The molecule has 0 aliphatic heterocycles. The molecule has 0 atom stereocenters. The van der Waals surface area contributed by atoms with Crippen LogP contribution in [0.3, 0.4) is 0 Å². The number of carbonyl (C=O) groups is 2. The van der Waals surface area contributed by atoms with Crippen molar-refractivity contribution in [2.45, 2.75) is 12.8 Å². The number of hydrogen-bond acceptors (Lipinski definition) is 3. The first-order valence-electron chi connectivity index (χ1n) is 7.25. The molecular formula is C17H13Cl2N3O2. The lowest BCUT2D eigenvalue weighted by Crippen LogP contribution is -2.17. The number of aromatic nitrogens is 2. The molecule has 0 fully saturated rings. The summed E-state index contributed by atoms with van der Waals surface area (Å²) in [5.74, 6) is -0.261. The fourth-order valence-electron chi connectivity index (χ4n) is 2.34. The minimum Gasteiger partial charge on any atom is -0.309 e. The van der Waals surface area contributed by atoms with Crippen LogP contribution in [0.1, 0.15) is 17.6 Å². The molecule has 0 aliphatic rings. The van der Waals surface area contributed by atoms with Gasteiger partial charge in [0.1, 0.15) is 0 Å². The monoisotopic (exact) mass is 361 g/mol. The highest BCUT2D eigenvalue weighted by atomic mass is 35.5. The highest BCUT2D eigenvalue weighted by Gasteiger charge is 2.13. The van der Waals surface area contributed by atoms with Crippen LogP contribution in [0, 0.1) is 0 Å². The van der Waals surface area contributed by atoms with E-state index < -0.39 is 0 Å². The van der Waals surface area contributed by atoms with Crippen molar-refractivity contribution in [2.75, 3.05) is 5.32 Å². The van der Waals surface area contributed by atoms with Gasteiger partial charge < -0.3 is 5.32 Å². The van der Waals surface area contributed by atoms with Gasteiger partial charge >= 0.3 is 0 Å². The molecule has 2 aromatic heterocycles. The van der Waals surface area contributed by atoms with Crippen LogP contribution < -0.4 is 5.32 Å². The predicted octanol–water partition coefficient (Wildman–Crippen LogP) is 4.40. The predicted molar refractivity (Wildman–Crippen MR) is 94.7 cm³/mol. The Hall–Kier alpha value is -2.37. The molecule has 24 heavy (non-hydrogen) atoms. The van der Waals surface area contributed by atoms with Crippen molar-refractivity contribution in [3.63, 3.8) is 0 Å². The third kappa shape index (κ3) is 3.58. The zero-order valence-corrected chi connectivity index (χ0v) is 14.0. The molecule has 0 saturated heterocycles. The molecule has 1 aromatic carbocycles. The van der Waals surface area contributed by atoms with E-state index in [4.69, 9.17) is 23.2 Å². The molecule has 0 spiro atoms. The smallest absolute Gasteiger partial charge is 0.231 e. The number of hydrogen-bond donors (Lipinski definition) is 1. The van der Waals surface area contributed by atoms with E-state index in [-0.39, 0.29) is 35.5 Å². The van der Waals surface area contributed by atoms with Gasteiger partial charge in [0.25, 0.3) is 0 Å². The number of rotatable bonds is 4. The second-order valence-electron chi connectivity index (χ2n) is 5.17. The lowest BCUT2D eigenvalue weighted by atomic mass is 10.2. The summed E-state index contributed by atoms with van der Waals surface area (Å²) in [6.45, 7) is 0. The molecule has 122 valence electrons. The van der Waals surface area contributed by atoms with E-state index in [0.29, 0.717) is 5.02 Å². The Morgan fingerprint density at radius 2 is 1.92 bits per heavy atom. The number of fused-ring (bicyclic) bond motifs is 1. The van der Waals surface area contributed by atoms with E-state index in [9.17, 15) is 9.59 Å². The fraction of sp³-hybridized carbons (Fsp3) is 0.118. The zero-order valence-electron chi connectivity index (χ0n) is 12.5. The Morgan fingerprint density at radius 3 is 2.71 bits per heavy atom. The molecule has 0 bridgehead atoms. The summed E-state index contributed by atoms with van der Waals surface area (Å²) in [6.07, 6.45) is 3.21.